The summed E-state index contributed by atoms with van der Waals surface area (Å²) in [6.45, 7) is 1.11. The number of benzene rings is 2. The molecule has 1 amide bonds. The van der Waals surface area contributed by atoms with Crippen LogP contribution in [0.3, 0.4) is 0 Å². The van der Waals surface area contributed by atoms with E-state index >= 15 is 0 Å². The van der Waals surface area contributed by atoms with Crippen LogP contribution in [0, 0.1) is 5.92 Å². The lowest BCUT2D eigenvalue weighted by Crippen LogP contribution is -2.28. The largest absolute Gasteiger partial charge is 0.493 e. The standard InChI is InChI=1S/C21H24BNO4/c24-21(23-18-10-9-17-14-27-22(25)20(17)12-18)16-7-4-8-19(11-16)26-13-15-5-2-1-3-6-15/h4,7-12,15,25H,1-3,5-6,13-14H2,(H,23,24). The van der Waals surface area contributed by atoms with Crippen LogP contribution < -0.4 is 15.5 Å². The molecule has 0 spiro atoms. The van der Waals surface area contributed by atoms with E-state index in [0.717, 1.165) is 11.3 Å². The summed E-state index contributed by atoms with van der Waals surface area (Å²) in [5.74, 6) is 1.15. The number of carbonyl (C=O) groups is 1. The van der Waals surface area contributed by atoms with E-state index in [-0.39, 0.29) is 5.91 Å². The molecule has 0 radical (unpaired) electrons. The lowest BCUT2D eigenvalue weighted by molar-refractivity contribution is 0.102. The summed E-state index contributed by atoms with van der Waals surface area (Å²) < 4.78 is 11.1. The summed E-state index contributed by atoms with van der Waals surface area (Å²) in [7, 11) is -0.923. The van der Waals surface area contributed by atoms with E-state index in [2.05, 4.69) is 5.32 Å². The number of fused-ring (bicyclic) bond motifs is 1. The number of amides is 1. The van der Waals surface area contributed by atoms with Gasteiger partial charge in [0.2, 0.25) is 0 Å². The van der Waals surface area contributed by atoms with Gasteiger partial charge in [0.1, 0.15) is 5.75 Å². The van der Waals surface area contributed by atoms with Crippen molar-refractivity contribution in [2.45, 2.75) is 38.7 Å². The fourth-order valence-corrected chi connectivity index (χ4v) is 3.79. The molecule has 1 aliphatic carbocycles. The molecule has 1 saturated carbocycles. The zero-order valence-corrected chi connectivity index (χ0v) is 15.3. The molecule has 2 aromatic carbocycles. The van der Waals surface area contributed by atoms with Gasteiger partial charge in [0.25, 0.3) is 5.91 Å². The van der Waals surface area contributed by atoms with E-state index in [1.54, 1.807) is 18.2 Å². The lowest BCUT2D eigenvalue weighted by atomic mass is 9.79. The summed E-state index contributed by atoms with van der Waals surface area (Å²) in [6, 6.07) is 12.7. The Morgan fingerprint density at radius 1 is 1.19 bits per heavy atom. The normalized spacial score (nSPS) is 16.9. The van der Waals surface area contributed by atoms with Crippen molar-refractivity contribution < 1.29 is 19.2 Å². The molecule has 2 aliphatic rings. The second-order valence-electron chi connectivity index (χ2n) is 7.37. The highest BCUT2D eigenvalue weighted by molar-refractivity contribution is 6.61. The van der Waals surface area contributed by atoms with E-state index in [1.807, 2.05) is 24.3 Å². The van der Waals surface area contributed by atoms with Gasteiger partial charge in [-0.3, -0.25) is 4.79 Å². The van der Waals surface area contributed by atoms with Crippen molar-refractivity contribution in [1.29, 1.82) is 0 Å². The van der Waals surface area contributed by atoms with Crippen molar-refractivity contribution >= 4 is 24.2 Å². The molecule has 0 atom stereocenters. The number of rotatable bonds is 5. The first-order valence-corrected chi connectivity index (χ1v) is 9.66. The predicted octanol–water partition coefficient (Wildman–Crippen LogP) is 3.12. The number of hydrogen-bond acceptors (Lipinski definition) is 4. The summed E-state index contributed by atoms with van der Waals surface area (Å²) in [5, 5.41) is 12.7. The van der Waals surface area contributed by atoms with Gasteiger partial charge in [0, 0.05) is 11.3 Å². The van der Waals surface area contributed by atoms with Gasteiger partial charge in [0.05, 0.1) is 13.2 Å². The van der Waals surface area contributed by atoms with Crippen molar-refractivity contribution in [3.8, 4) is 5.75 Å². The third-order valence-electron chi connectivity index (χ3n) is 5.37. The van der Waals surface area contributed by atoms with Crippen LogP contribution in [0.15, 0.2) is 42.5 Å². The maximum Gasteiger partial charge on any atom is 0.491 e. The van der Waals surface area contributed by atoms with Crippen molar-refractivity contribution in [3.05, 3.63) is 53.6 Å². The molecular formula is C21H24BNO4. The molecule has 4 rings (SSSR count). The molecule has 0 aromatic heterocycles. The van der Waals surface area contributed by atoms with Gasteiger partial charge in [-0.15, -0.1) is 0 Å². The maximum absolute atomic E-state index is 12.6. The molecule has 140 valence electrons. The quantitative estimate of drug-likeness (QED) is 0.799. The first kappa shape index (κ1) is 18.1. The highest BCUT2D eigenvalue weighted by atomic mass is 16.5. The van der Waals surface area contributed by atoms with E-state index in [4.69, 9.17) is 9.39 Å². The maximum atomic E-state index is 12.6. The summed E-state index contributed by atoms with van der Waals surface area (Å²) in [6.07, 6.45) is 6.37. The van der Waals surface area contributed by atoms with Crippen LogP contribution >= 0.6 is 0 Å². The Balaban J connectivity index is 1.39. The molecule has 2 aromatic rings. The molecule has 1 heterocycles. The van der Waals surface area contributed by atoms with E-state index in [9.17, 15) is 9.82 Å². The first-order valence-electron chi connectivity index (χ1n) is 9.66. The minimum absolute atomic E-state index is 0.202. The molecule has 1 fully saturated rings. The Bertz CT molecular complexity index is 820. The SMILES string of the molecule is O=C(Nc1ccc2c(c1)B(O)OC2)c1cccc(OCC2CCCCC2)c1. The smallest absolute Gasteiger partial charge is 0.491 e. The van der Waals surface area contributed by atoms with Crippen molar-refractivity contribution in [2.75, 3.05) is 11.9 Å². The summed E-state index contributed by atoms with van der Waals surface area (Å²) in [4.78, 5) is 12.6. The van der Waals surface area contributed by atoms with Crippen LogP contribution in [0.1, 0.15) is 48.0 Å². The van der Waals surface area contributed by atoms with Gasteiger partial charge in [-0.25, -0.2) is 0 Å². The third kappa shape index (κ3) is 4.34. The molecule has 5 nitrogen and oxygen atoms in total. The van der Waals surface area contributed by atoms with Crippen LogP contribution in [-0.4, -0.2) is 24.7 Å². The average Bonchev–Trinajstić information content (AvgIpc) is 3.08. The van der Waals surface area contributed by atoms with Crippen molar-refractivity contribution in [2.24, 2.45) is 5.92 Å². The fourth-order valence-electron chi connectivity index (χ4n) is 3.79. The second kappa shape index (κ2) is 8.15. The molecule has 0 bridgehead atoms. The summed E-state index contributed by atoms with van der Waals surface area (Å²) in [5.41, 5.74) is 2.83. The van der Waals surface area contributed by atoms with Crippen LogP contribution in [-0.2, 0) is 11.3 Å². The predicted molar refractivity (Wildman–Crippen MR) is 105 cm³/mol. The number of nitrogens with one attached hydrogen (secondary N) is 1. The molecule has 0 saturated heterocycles. The Morgan fingerprint density at radius 2 is 2.04 bits per heavy atom. The average molecular weight is 365 g/mol. The van der Waals surface area contributed by atoms with Crippen molar-refractivity contribution in [3.63, 3.8) is 0 Å². The Kier molecular flexibility index (Phi) is 5.46. The van der Waals surface area contributed by atoms with Gasteiger partial charge in [-0.1, -0.05) is 31.4 Å². The van der Waals surface area contributed by atoms with Crippen molar-refractivity contribution in [1.82, 2.24) is 0 Å². The molecule has 1 aliphatic heterocycles. The number of hydrogen-bond donors (Lipinski definition) is 2. The van der Waals surface area contributed by atoms with Gasteiger partial charge in [0.15, 0.2) is 0 Å². The molecule has 2 N–H and O–H groups in total. The molecule has 6 heteroatoms. The highest BCUT2D eigenvalue weighted by Crippen LogP contribution is 2.25. The molecule has 0 unspecified atom stereocenters. The Morgan fingerprint density at radius 3 is 2.89 bits per heavy atom. The van der Waals surface area contributed by atoms with Crippen LogP contribution in [0.25, 0.3) is 0 Å². The number of ether oxygens (including phenoxy) is 1. The number of carbonyl (C=O) groups excluding carboxylic acids is 1. The Labute approximate surface area is 159 Å². The first-order chi connectivity index (χ1) is 13.2. The van der Waals surface area contributed by atoms with E-state index in [1.165, 1.54) is 32.1 Å². The summed E-state index contributed by atoms with van der Waals surface area (Å²) >= 11 is 0. The van der Waals surface area contributed by atoms with Gasteiger partial charge < -0.3 is 19.7 Å². The molecular weight excluding hydrogens is 341 g/mol. The topological polar surface area (TPSA) is 67.8 Å². The monoisotopic (exact) mass is 365 g/mol. The lowest BCUT2D eigenvalue weighted by Gasteiger charge is -2.21. The number of anilines is 1. The van der Waals surface area contributed by atoms with Crippen LogP contribution in [0.4, 0.5) is 5.69 Å². The highest BCUT2D eigenvalue weighted by Gasteiger charge is 2.27. The zero-order valence-electron chi connectivity index (χ0n) is 15.3. The van der Waals surface area contributed by atoms with Crippen LogP contribution in [0.5, 0.6) is 5.75 Å². The van der Waals surface area contributed by atoms with Crippen LogP contribution in [0.2, 0.25) is 0 Å². The molecule has 27 heavy (non-hydrogen) atoms. The van der Waals surface area contributed by atoms with E-state index in [0.29, 0.717) is 35.8 Å². The third-order valence-corrected chi connectivity index (χ3v) is 5.37. The minimum Gasteiger partial charge on any atom is -0.493 e. The fraction of sp³-hybridized carbons (Fsp3) is 0.381. The van der Waals surface area contributed by atoms with Gasteiger partial charge >= 0.3 is 7.12 Å². The second-order valence-corrected chi connectivity index (χ2v) is 7.37. The Hall–Kier alpha value is -2.31. The minimum atomic E-state index is -0.923. The van der Waals surface area contributed by atoms with E-state index < -0.39 is 7.12 Å². The van der Waals surface area contributed by atoms with Gasteiger partial charge in [-0.2, -0.15) is 0 Å². The zero-order chi connectivity index (χ0) is 18.6. The van der Waals surface area contributed by atoms with Gasteiger partial charge in [-0.05, 0) is 60.1 Å².